The van der Waals surface area contributed by atoms with Crippen molar-refractivity contribution in [1.29, 1.82) is 0 Å². The molecule has 0 heterocycles. The molecule has 0 amide bonds. The van der Waals surface area contributed by atoms with Gasteiger partial charge in [0, 0.05) is 25.7 Å². The number of ether oxygens (including phenoxy) is 2. The number of methoxy groups -OCH3 is 2. The second-order valence-electron chi connectivity index (χ2n) is 5.56. The van der Waals surface area contributed by atoms with Crippen LogP contribution in [0.5, 0.6) is 11.5 Å². The SMILES string of the molecule is COc1cc(CN(C)CCNCC(C)C)cc(OC)c1. The van der Waals surface area contributed by atoms with Crippen LogP contribution in [0.15, 0.2) is 18.2 Å². The van der Waals surface area contributed by atoms with E-state index in [1.54, 1.807) is 14.2 Å². The van der Waals surface area contributed by atoms with Gasteiger partial charge in [-0.25, -0.2) is 0 Å². The summed E-state index contributed by atoms with van der Waals surface area (Å²) in [5, 5.41) is 3.46. The lowest BCUT2D eigenvalue weighted by molar-refractivity contribution is 0.319. The van der Waals surface area contributed by atoms with Crippen molar-refractivity contribution >= 4 is 0 Å². The second-order valence-corrected chi connectivity index (χ2v) is 5.56. The lowest BCUT2D eigenvalue weighted by Crippen LogP contribution is -2.30. The minimum atomic E-state index is 0.697. The quantitative estimate of drug-likeness (QED) is 0.704. The van der Waals surface area contributed by atoms with Crippen molar-refractivity contribution < 1.29 is 9.47 Å². The third kappa shape index (κ3) is 6.26. The zero-order chi connectivity index (χ0) is 15.0. The Hall–Kier alpha value is -1.26. The van der Waals surface area contributed by atoms with Crippen LogP contribution in [0.3, 0.4) is 0 Å². The molecule has 0 saturated heterocycles. The van der Waals surface area contributed by atoms with Gasteiger partial charge in [-0.3, -0.25) is 0 Å². The molecule has 1 aromatic carbocycles. The minimum absolute atomic E-state index is 0.697. The predicted octanol–water partition coefficient (Wildman–Crippen LogP) is 2.38. The second kappa shape index (κ2) is 8.82. The molecule has 1 N–H and O–H groups in total. The van der Waals surface area contributed by atoms with Crippen molar-refractivity contribution in [2.45, 2.75) is 20.4 Å². The average Bonchev–Trinajstić information content (AvgIpc) is 2.42. The van der Waals surface area contributed by atoms with Crippen LogP contribution in [-0.4, -0.2) is 45.8 Å². The number of nitrogens with one attached hydrogen (secondary N) is 1. The van der Waals surface area contributed by atoms with Gasteiger partial charge in [0.2, 0.25) is 0 Å². The number of hydrogen-bond donors (Lipinski definition) is 1. The van der Waals surface area contributed by atoms with Crippen molar-refractivity contribution in [3.8, 4) is 11.5 Å². The smallest absolute Gasteiger partial charge is 0.122 e. The molecule has 0 aliphatic rings. The van der Waals surface area contributed by atoms with Gasteiger partial charge in [-0.05, 0) is 37.2 Å². The molecule has 0 bridgehead atoms. The molecule has 4 nitrogen and oxygen atoms in total. The summed E-state index contributed by atoms with van der Waals surface area (Å²) < 4.78 is 10.6. The maximum atomic E-state index is 5.29. The molecule has 0 aliphatic heterocycles. The highest BCUT2D eigenvalue weighted by atomic mass is 16.5. The Morgan fingerprint density at radius 2 is 1.70 bits per heavy atom. The van der Waals surface area contributed by atoms with E-state index in [1.165, 1.54) is 5.56 Å². The number of nitrogens with zero attached hydrogens (tertiary/aromatic N) is 1. The van der Waals surface area contributed by atoms with E-state index in [0.29, 0.717) is 5.92 Å². The topological polar surface area (TPSA) is 33.7 Å². The van der Waals surface area contributed by atoms with E-state index in [4.69, 9.17) is 9.47 Å². The average molecular weight is 280 g/mol. The van der Waals surface area contributed by atoms with Crippen LogP contribution >= 0.6 is 0 Å². The molecule has 1 rings (SSSR count). The van der Waals surface area contributed by atoms with E-state index in [9.17, 15) is 0 Å². The maximum Gasteiger partial charge on any atom is 0.122 e. The van der Waals surface area contributed by atoms with Crippen molar-refractivity contribution in [3.63, 3.8) is 0 Å². The number of benzene rings is 1. The fourth-order valence-electron chi connectivity index (χ4n) is 2.01. The van der Waals surface area contributed by atoms with Crippen LogP contribution in [0, 0.1) is 5.92 Å². The molecule has 20 heavy (non-hydrogen) atoms. The van der Waals surface area contributed by atoms with E-state index < -0.39 is 0 Å². The van der Waals surface area contributed by atoms with Gasteiger partial charge in [-0.15, -0.1) is 0 Å². The van der Waals surface area contributed by atoms with Gasteiger partial charge in [0.15, 0.2) is 0 Å². The van der Waals surface area contributed by atoms with Crippen LogP contribution in [0.25, 0.3) is 0 Å². The Bertz CT molecular complexity index is 372. The van der Waals surface area contributed by atoms with Crippen LogP contribution in [0.1, 0.15) is 19.4 Å². The van der Waals surface area contributed by atoms with Gasteiger partial charge in [-0.2, -0.15) is 0 Å². The van der Waals surface area contributed by atoms with Crippen LogP contribution in [0.4, 0.5) is 0 Å². The largest absolute Gasteiger partial charge is 0.497 e. The summed E-state index contributed by atoms with van der Waals surface area (Å²) in [6.07, 6.45) is 0. The molecule has 0 unspecified atom stereocenters. The summed E-state index contributed by atoms with van der Waals surface area (Å²) in [7, 11) is 5.49. The van der Waals surface area contributed by atoms with Gasteiger partial charge in [0.1, 0.15) is 11.5 Å². The van der Waals surface area contributed by atoms with Crippen molar-refractivity contribution in [2.24, 2.45) is 5.92 Å². The van der Waals surface area contributed by atoms with Crippen molar-refractivity contribution in [3.05, 3.63) is 23.8 Å². The van der Waals surface area contributed by atoms with Crippen molar-refractivity contribution in [2.75, 3.05) is 40.9 Å². The van der Waals surface area contributed by atoms with E-state index in [-0.39, 0.29) is 0 Å². The lowest BCUT2D eigenvalue weighted by Gasteiger charge is -2.18. The zero-order valence-corrected chi connectivity index (χ0v) is 13.4. The third-order valence-electron chi connectivity index (χ3n) is 3.09. The summed E-state index contributed by atoms with van der Waals surface area (Å²) in [5.74, 6) is 2.37. The highest BCUT2D eigenvalue weighted by Crippen LogP contribution is 2.23. The normalized spacial score (nSPS) is 11.2. The first-order chi connectivity index (χ1) is 9.55. The molecule has 4 heteroatoms. The van der Waals surface area contributed by atoms with Crippen LogP contribution < -0.4 is 14.8 Å². The van der Waals surface area contributed by atoms with Gasteiger partial charge in [0.05, 0.1) is 14.2 Å². The zero-order valence-electron chi connectivity index (χ0n) is 13.4. The molecule has 0 radical (unpaired) electrons. The van der Waals surface area contributed by atoms with E-state index in [1.807, 2.05) is 6.07 Å². The summed E-state index contributed by atoms with van der Waals surface area (Å²) in [4.78, 5) is 2.29. The molecule has 1 aromatic rings. The van der Waals surface area contributed by atoms with E-state index in [2.05, 4.69) is 43.2 Å². The Morgan fingerprint density at radius 3 is 2.20 bits per heavy atom. The molecule has 114 valence electrons. The maximum absolute atomic E-state index is 5.29. The van der Waals surface area contributed by atoms with E-state index >= 15 is 0 Å². The lowest BCUT2D eigenvalue weighted by atomic mass is 10.2. The standard InChI is InChI=1S/C16H28N2O2/c1-13(2)11-17-6-7-18(3)12-14-8-15(19-4)10-16(9-14)20-5/h8-10,13,17H,6-7,11-12H2,1-5H3. The molecule has 0 aromatic heterocycles. The summed E-state index contributed by atoms with van der Waals surface area (Å²) in [6, 6.07) is 6.01. The first kappa shape index (κ1) is 16.8. The fraction of sp³-hybridized carbons (Fsp3) is 0.625. The summed E-state index contributed by atoms with van der Waals surface area (Å²) in [6.45, 7) is 8.43. The van der Waals surface area contributed by atoms with E-state index in [0.717, 1.165) is 37.7 Å². The molecule has 0 atom stereocenters. The van der Waals surface area contributed by atoms with Crippen LogP contribution in [0.2, 0.25) is 0 Å². The number of likely N-dealkylation sites (N-methyl/N-ethyl adjacent to an activating group) is 1. The Morgan fingerprint density at radius 1 is 1.10 bits per heavy atom. The monoisotopic (exact) mass is 280 g/mol. The molecule has 0 fully saturated rings. The molecule has 0 spiro atoms. The molecule has 0 aliphatic carbocycles. The molecule has 0 saturated carbocycles. The first-order valence-electron chi connectivity index (χ1n) is 7.16. The predicted molar refractivity (Wildman–Crippen MR) is 83.6 cm³/mol. The van der Waals surface area contributed by atoms with Gasteiger partial charge >= 0.3 is 0 Å². The van der Waals surface area contributed by atoms with Gasteiger partial charge < -0.3 is 19.7 Å². The summed E-state index contributed by atoms with van der Waals surface area (Å²) in [5.41, 5.74) is 1.20. The number of rotatable bonds is 9. The Labute approximate surface area is 123 Å². The first-order valence-corrected chi connectivity index (χ1v) is 7.16. The Kier molecular flexibility index (Phi) is 7.41. The molecular formula is C16H28N2O2. The highest BCUT2D eigenvalue weighted by Gasteiger charge is 2.05. The van der Waals surface area contributed by atoms with Crippen LogP contribution in [-0.2, 0) is 6.54 Å². The summed E-state index contributed by atoms with van der Waals surface area (Å²) >= 11 is 0. The number of hydrogen-bond acceptors (Lipinski definition) is 4. The fourth-order valence-corrected chi connectivity index (χ4v) is 2.01. The third-order valence-corrected chi connectivity index (χ3v) is 3.09. The minimum Gasteiger partial charge on any atom is -0.497 e. The van der Waals surface area contributed by atoms with Crippen molar-refractivity contribution in [1.82, 2.24) is 10.2 Å². The Balaban J connectivity index is 2.46. The molecular weight excluding hydrogens is 252 g/mol. The van der Waals surface area contributed by atoms with Gasteiger partial charge in [-0.1, -0.05) is 13.8 Å². The highest BCUT2D eigenvalue weighted by molar-refractivity contribution is 5.38. The van der Waals surface area contributed by atoms with Gasteiger partial charge in [0.25, 0.3) is 0 Å².